The van der Waals surface area contributed by atoms with Crippen LogP contribution in [0.15, 0.2) is 41.3 Å². The zero-order valence-corrected chi connectivity index (χ0v) is 13.6. The minimum Gasteiger partial charge on any atom is -0.458 e. The number of benzene rings is 2. The number of aliphatic hydroxyl groups excluding tert-OH is 1. The Bertz CT molecular complexity index is 967. The number of hydrogen-bond donors (Lipinski definition) is 1. The van der Waals surface area contributed by atoms with Crippen LogP contribution in [0.1, 0.15) is 23.7 Å². The molecule has 2 aromatic carbocycles. The van der Waals surface area contributed by atoms with Crippen LogP contribution in [0.3, 0.4) is 0 Å². The van der Waals surface area contributed by atoms with Crippen molar-refractivity contribution < 1.29 is 27.0 Å². The highest BCUT2D eigenvalue weighted by Gasteiger charge is 2.36. The molecular formula is C17H13F2NO4S. The van der Waals surface area contributed by atoms with E-state index in [1.54, 1.807) is 18.2 Å². The summed E-state index contributed by atoms with van der Waals surface area (Å²) >= 11 is 0. The first-order valence-electron chi connectivity index (χ1n) is 7.36. The van der Waals surface area contributed by atoms with Crippen molar-refractivity contribution >= 4 is 15.5 Å². The van der Waals surface area contributed by atoms with Crippen molar-refractivity contribution in [3.63, 3.8) is 0 Å². The lowest BCUT2D eigenvalue weighted by atomic mass is 10.1. The number of rotatable bonds is 4. The topological polar surface area (TPSA) is 68.0 Å². The molecule has 1 atom stereocenters. The van der Waals surface area contributed by atoms with Gasteiger partial charge in [-0.1, -0.05) is 12.1 Å². The average molecular weight is 365 g/mol. The van der Waals surface area contributed by atoms with Crippen molar-refractivity contribution in [3.05, 3.63) is 58.9 Å². The van der Waals surface area contributed by atoms with E-state index in [1.807, 2.05) is 0 Å². The summed E-state index contributed by atoms with van der Waals surface area (Å²) in [5, 5.41) is 10.1. The van der Waals surface area contributed by atoms with Gasteiger partial charge >= 0.3 is 5.76 Å². The molecule has 0 saturated carbocycles. The lowest BCUT2D eigenvalue weighted by molar-refractivity contribution is 0.176. The molecule has 0 amide bonds. The van der Waals surface area contributed by atoms with Gasteiger partial charge in [0.15, 0.2) is 5.69 Å². The van der Waals surface area contributed by atoms with Gasteiger partial charge in [-0.15, -0.1) is 0 Å². The molecule has 0 radical (unpaired) electrons. The Labute approximate surface area is 143 Å². The second-order valence-electron chi connectivity index (χ2n) is 5.53. The summed E-state index contributed by atoms with van der Waals surface area (Å²) in [6, 6.07) is 8.70. The third kappa shape index (κ3) is 3.08. The monoisotopic (exact) mass is 365 g/mol. The maximum atomic E-state index is 12.9. The molecule has 3 rings (SSSR count). The number of nitrogens with zero attached hydrogens (tertiary/aromatic N) is 1. The lowest BCUT2D eigenvalue weighted by Gasteiger charge is -2.15. The van der Waals surface area contributed by atoms with Gasteiger partial charge in [-0.25, -0.2) is 13.3 Å². The first-order chi connectivity index (χ1) is 11.8. The maximum absolute atomic E-state index is 12.9. The smallest absolute Gasteiger partial charge is 0.341 e. The molecule has 0 spiro atoms. The zero-order chi connectivity index (χ0) is 18.2. The van der Waals surface area contributed by atoms with E-state index in [9.17, 15) is 22.3 Å². The standard InChI is InChI=1S/C17H13F2NO4S/c1-20-10-3-2-4-11(9-10)24-14-7-8-15(25(22,23)17(18)19)16-12(14)5-6-13(16)21/h2-4,7-9,13,17,21H,5-6H2/t13-/m1/s1. The largest absolute Gasteiger partial charge is 0.458 e. The van der Waals surface area contributed by atoms with E-state index in [4.69, 9.17) is 11.3 Å². The second-order valence-corrected chi connectivity index (χ2v) is 7.41. The number of fused-ring (bicyclic) bond motifs is 1. The van der Waals surface area contributed by atoms with Gasteiger partial charge in [-0.05, 0) is 37.1 Å². The van der Waals surface area contributed by atoms with E-state index in [1.165, 1.54) is 12.1 Å². The van der Waals surface area contributed by atoms with E-state index in [2.05, 4.69) is 4.85 Å². The van der Waals surface area contributed by atoms with Crippen LogP contribution in [0.2, 0.25) is 0 Å². The van der Waals surface area contributed by atoms with Gasteiger partial charge in [0.1, 0.15) is 11.5 Å². The normalized spacial score (nSPS) is 16.5. The zero-order valence-electron chi connectivity index (χ0n) is 12.8. The second kappa shape index (κ2) is 6.43. The van der Waals surface area contributed by atoms with Crippen LogP contribution in [0, 0.1) is 6.57 Å². The van der Waals surface area contributed by atoms with E-state index in [0.29, 0.717) is 23.4 Å². The quantitative estimate of drug-likeness (QED) is 0.832. The van der Waals surface area contributed by atoms with Gasteiger partial charge < -0.3 is 9.84 Å². The van der Waals surface area contributed by atoms with Crippen molar-refractivity contribution in [3.8, 4) is 11.5 Å². The number of alkyl halides is 2. The van der Waals surface area contributed by atoms with Crippen molar-refractivity contribution in [2.24, 2.45) is 0 Å². The van der Waals surface area contributed by atoms with Crippen LogP contribution in [0.25, 0.3) is 4.85 Å². The summed E-state index contributed by atoms with van der Waals surface area (Å²) < 4.78 is 55.2. The van der Waals surface area contributed by atoms with E-state index >= 15 is 0 Å². The molecule has 25 heavy (non-hydrogen) atoms. The fourth-order valence-corrected chi connectivity index (χ4v) is 3.87. The van der Waals surface area contributed by atoms with Gasteiger partial charge in [0.05, 0.1) is 17.6 Å². The van der Waals surface area contributed by atoms with Gasteiger partial charge in [0, 0.05) is 11.1 Å². The molecule has 0 bridgehead atoms. The van der Waals surface area contributed by atoms with Gasteiger partial charge in [0.2, 0.25) is 9.84 Å². The number of hydrogen-bond acceptors (Lipinski definition) is 4. The summed E-state index contributed by atoms with van der Waals surface area (Å²) in [5.74, 6) is -2.92. The fourth-order valence-electron chi connectivity index (χ4n) is 2.85. The average Bonchev–Trinajstić information content (AvgIpc) is 2.97. The molecule has 0 heterocycles. The summed E-state index contributed by atoms with van der Waals surface area (Å²) in [5.41, 5.74) is 0.729. The molecule has 1 aliphatic carbocycles. The molecule has 0 aromatic heterocycles. The number of halogens is 2. The molecule has 0 aliphatic heterocycles. The Morgan fingerprint density at radius 1 is 1.28 bits per heavy atom. The SMILES string of the molecule is [C-]#[N+]c1cccc(Oc2ccc(S(=O)(=O)C(F)F)c3c2CC[C@H]3O)c1. The summed E-state index contributed by atoms with van der Waals surface area (Å²) in [6.45, 7) is 7.00. The van der Waals surface area contributed by atoms with Crippen LogP contribution in [0.5, 0.6) is 11.5 Å². The summed E-state index contributed by atoms with van der Waals surface area (Å²) in [6.07, 6.45) is -0.610. The maximum Gasteiger partial charge on any atom is 0.341 e. The number of sulfone groups is 1. The Morgan fingerprint density at radius 2 is 2.04 bits per heavy atom. The predicted octanol–water partition coefficient (Wildman–Crippen LogP) is 4.01. The van der Waals surface area contributed by atoms with Gasteiger partial charge in [-0.2, -0.15) is 8.78 Å². The highest BCUT2D eigenvalue weighted by molar-refractivity contribution is 7.91. The minimum atomic E-state index is -4.82. The van der Waals surface area contributed by atoms with E-state index in [-0.39, 0.29) is 17.7 Å². The van der Waals surface area contributed by atoms with E-state index < -0.39 is 26.6 Å². The van der Waals surface area contributed by atoms with Crippen LogP contribution in [0.4, 0.5) is 14.5 Å². The Morgan fingerprint density at radius 3 is 2.72 bits per heavy atom. The first kappa shape index (κ1) is 17.3. The third-order valence-electron chi connectivity index (χ3n) is 3.99. The molecule has 1 N–H and O–H groups in total. The van der Waals surface area contributed by atoms with Crippen molar-refractivity contribution in [2.75, 3.05) is 0 Å². The molecule has 0 saturated heterocycles. The highest BCUT2D eigenvalue weighted by atomic mass is 32.2. The van der Waals surface area contributed by atoms with Crippen LogP contribution < -0.4 is 4.74 Å². The van der Waals surface area contributed by atoms with Crippen molar-refractivity contribution in [1.29, 1.82) is 0 Å². The van der Waals surface area contributed by atoms with Crippen LogP contribution in [-0.4, -0.2) is 19.3 Å². The van der Waals surface area contributed by atoms with Crippen molar-refractivity contribution in [1.82, 2.24) is 0 Å². The molecule has 130 valence electrons. The van der Waals surface area contributed by atoms with Gasteiger partial charge in [-0.3, -0.25) is 0 Å². The summed E-state index contributed by atoms with van der Waals surface area (Å²) in [4.78, 5) is 2.73. The Hall–Kier alpha value is -2.50. The molecule has 0 fully saturated rings. The van der Waals surface area contributed by atoms with E-state index in [0.717, 1.165) is 6.07 Å². The molecule has 0 unspecified atom stereocenters. The lowest BCUT2D eigenvalue weighted by Crippen LogP contribution is -2.15. The summed E-state index contributed by atoms with van der Waals surface area (Å²) in [7, 11) is -4.82. The van der Waals surface area contributed by atoms with Crippen LogP contribution in [-0.2, 0) is 16.3 Å². The van der Waals surface area contributed by atoms with Crippen molar-refractivity contribution in [2.45, 2.75) is 29.6 Å². The van der Waals surface area contributed by atoms with Gasteiger partial charge in [0.25, 0.3) is 0 Å². The molecule has 5 nitrogen and oxygen atoms in total. The number of ether oxygens (including phenoxy) is 1. The molecular weight excluding hydrogens is 352 g/mol. The highest BCUT2D eigenvalue weighted by Crippen LogP contribution is 2.43. The Kier molecular flexibility index (Phi) is 4.45. The minimum absolute atomic E-state index is 0.0286. The molecule has 8 heteroatoms. The van der Waals surface area contributed by atoms with Crippen LogP contribution >= 0.6 is 0 Å². The first-order valence-corrected chi connectivity index (χ1v) is 8.90. The predicted molar refractivity (Wildman–Crippen MR) is 85.7 cm³/mol. The Balaban J connectivity index is 2.08. The molecule has 2 aromatic rings. The third-order valence-corrected chi connectivity index (χ3v) is 5.43. The fraction of sp³-hybridized carbons (Fsp3) is 0.235. The number of aliphatic hydroxyl groups is 1. The molecule has 1 aliphatic rings.